The Morgan fingerprint density at radius 3 is 1.64 bits per heavy atom. The maximum atomic E-state index is 8.98. The highest BCUT2D eigenvalue weighted by Gasteiger charge is 2.22. The first-order valence-electron chi connectivity index (χ1n) is 3.94. The Morgan fingerprint density at radius 2 is 1.55 bits per heavy atom. The molecule has 70 valence electrons. The maximum absolute atomic E-state index is 8.98. The summed E-state index contributed by atoms with van der Waals surface area (Å²) < 4.78 is 0. The van der Waals surface area contributed by atoms with Crippen LogP contribution in [0.15, 0.2) is 0 Å². The Kier molecular flexibility index (Phi) is 7.28. The van der Waals surface area contributed by atoms with Gasteiger partial charge in [0.05, 0.1) is 6.61 Å². The molecule has 0 aliphatic rings. The molecule has 0 fully saturated rings. The summed E-state index contributed by atoms with van der Waals surface area (Å²) in [7, 11) is 0. The summed E-state index contributed by atoms with van der Waals surface area (Å²) >= 11 is 0. The lowest BCUT2D eigenvalue weighted by Gasteiger charge is -2.35. The Balaban J connectivity index is 0. The highest BCUT2D eigenvalue weighted by atomic mass is 35.5. The van der Waals surface area contributed by atoms with E-state index in [1.807, 2.05) is 0 Å². The van der Waals surface area contributed by atoms with Crippen LogP contribution in [0.2, 0.25) is 0 Å². The van der Waals surface area contributed by atoms with Crippen LogP contribution in [-0.2, 0) is 0 Å². The molecule has 0 bridgehead atoms. The molecule has 0 aliphatic heterocycles. The van der Waals surface area contributed by atoms with Crippen molar-refractivity contribution in [1.29, 1.82) is 0 Å². The van der Waals surface area contributed by atoms with E-state index in [1.165, 1.54) is 0 Å². The monoisotopic (exact) mass is 181 g/mol. The number of halogens is 1. The van der Waals surface area contributed by atoms with Crippen molar-refractivity contribution < 1.29 is 5.11 Å². The van der Waals surface area contributed by atoms with E-state index in [9.17, 15) is 0 Å². The maximum Gasteiger partial charge on any atom is 0.0610 e. The van der Waals surface area contributed by atoms with Crippen molar-refractivity contribution in [3.8, 4) is 0 Å². The van der Waals surface area contributed by atoms with Crippen molar-refractivity contribution in [2.24, 2.45) is 0 Å². The first kappa shape index (κ1) is 13.8. The third kappa shape index (κ3) is 3.94. The number of hydrogen-bond donors (Lipinski definition) is 1. The van der Waals surface area contributed by atoms with E-state index < -0.39 is 0 Å². The quantitative estimate of drug-likeness (QED) is 0.711. The first-order chi connectivity index (χ1) is 4.58. The lowest BCUT2D eigenvalue weighted by molar-refractivity contribution is 0.0660. The number of nitrogens with zero attached hydrogens (tertiary/aromatic N) is 1. The molecule has 3 heteroatoms. The van der Waals surface area contributed by atoms with E-state index in [4.69, 9.17) is 5.11 Å². The van der Waals surface area contributed by atoms with Gasteiger partial charge in [0.1, 0.15) is 0 Å². The normalized spacial score (nSPS) is 11.5. The van der Waals surface area contributed by atoms with Gasteiger partial charge in [-0.3, -0.25) is 4.90 Å². The molecule has 0 aromatic carbocycles. The van der Waals surface area contributed by atoms with Gasteiger partial charge in [-0.25, -0.2) is 0 Å². The molecule has 0 saturated carbocycles. The third-order valence-corrected chi connectivity index (χ3v) is 2.01. The molecule has 0 rings (SSSR count). The summed E-state index contributed by atoms with van der Waals surface area (Å²) in [5.41, 5.74) is -0.0521. The van der Waals surface area contributed by atoms with Crippen LogP contribution in [0.4, 0.5) is 0 Å². The molecule has 0 aromatic rings. The average molecular weight is 182 g/mol. The fraction of sp³-hybridized carbons (Fsp3) is 1.00. The molecule has 0 amide bonds. The van der Waals surface area contributed by atoms with Crippen LogP contribution < -0.4 is 0 Å². The highest BCUT2D eigenvalue weighted by Crippen LogP contribution is 2.11. The minimum atomic E-state index is -0.0521. The van der Waals surface area contributed by atoms with Crippen molar-refractivity contribution in [1.82, 2.24) is 4.90 Å². The van der Waals surface area contributed by atoms with Crippen molar-refractivity contribution in [2.75, 3.05) is 19.7 Å². The van der Waals surface area contributed by atoms with Crippen LogP contribution in [0.25, 0.3) is 0 Å². The second kappa shape index (κ2) is 5.81. The summed E-state index contributed by atoms with van der Waals surface area (Å²) in [6.07, 6.45) is 0. The summed E-state index contributed by atoms with van der Waals surface area (Å²) in [6, 6.07) is 0. The van der Waals surface area contributed by atoms with E-state index in [0.717, 1.165) is 13.1 Å². The molecule has 0 heterocycles. The van der Waals surface area contributed by atoms with Crippen LogP contribution in [-0.4, -0.2) is 35.2 Å². The number of aliphatic hydroxyl groups is 1. The summed E-state index contributed by atoms with van der Waals surface area (Å²) in [5.74, 6) is 0. The van der Waals surface area contributed by atoms with Gasteiger partial charge >= 0.3 is 0 Å². The molecular formula is C8H20ClNO. The number of aliphatic hydroxyl groups excluding tert-OH is 1. The van der Waals surface area contributed by atoms with Crippen LogP contribution in [0, 0.1) is 0 Å². The fourth-order valence-electron chi connectivity index (χ4n) is 1.18. The molecular weight excluding hydrogens is 162 g/mol. The number of hydrogen-bond acceptors (Lipinski definition) is 2. The van der Waals surface area contributed by atoms with Crippen LogP contribution in [0.3, 0.4) is 0 Å². The summed E-state index contributed by atoms with van der Waals surface area (Å²) in [5, 5.41) is 8.98. The predicted molar refractivity (Wildman–Crippen MR) is 51.3 cm³/mol. The van der Waals surface area contributed by atoms with Gasteiger partial charge in [-0.1, -0.05) is 13.8 Å². The van der Waals surface area contributed by atoms with Gasteiger partial charge in [0, 0.05) is 5.54 Å². The lowest BCUT2D eigenvalue weighted by Crippen LogP contribution is -2.46. The van der Waals surface area contributed by atoms with Gasteiger partial charge < -0.3 is 5.11 Å². The zero-order valence-corrected chi connectivity index (χ0v) is 8.74. The smallest absolute Gasteiger partial charge is 0.0610 e. The van der Waals surface area contributed by atoms with Gasteiger partial charge in [-0.15, -0.1) is 12.4 Å². The van der Waals surface area contributed by atoms with Gasteiger partial charge in [0.2, 0.25) is 0 Å². The molecule has 0 unspecified atom stereocenters. The second-order valence-electron chi connectivity index (χ2n) is 3.14. The predicted octanol–water partition coefficient (Wildman–Crippen LogP) is 1.52. The van der Waals surface area contributed by atoms with Crippen molar-refractivity contribution in [3.05, 3.63) is 0 Å². The number of likely N-dealkylation sites (N-methyl/N-ethyl adjacent to an activating group) is 1. The molecule has 11 heavy (non-hydrogen) atoms. The standard InChI is InChI=1S/C8H19NO.ClH/c1-5-9(6-2)8(3,4)7-10;/h10H,5-7H2,1-4H3;1H. The first-order valence-corrected chi connectivity index (χ1v) is 3.94. The van der Waals surface area contributed by atoms with Crippen LogP contribution >= 0.6 is 12.4 Å². The van der Waals surface area contributed by atoms with Crippen molar-refractivity contribution >= 4 is 12.4 Å². The van der Waals surface area contributed by atoms with Gasteiger partial charge in [-0.2, -0.15) is 0 Å². The number of rotatable bonds is 4. The Bertz CT molecular complexity index is 92.1. The van der Waals surface area contributed by atoms with Crippen LogP contribution in [0.5, 0.6) is 0 Å². The third-order valence-electron chi connectivity index (χ3n) is 2.01. The zero-order chi connectivity index (χ0) is 8.20. The molecule has 2 nitrogen and oxygen atoms in total. The fourth-order valence-corrected chi connectivity index (χ4v) is 1.18. The summed E-state index contributed by atoms with van der Waals surface area (Å²) in [6.45, 7) is 10.6. The van der Waals surface area contributed by atoms with E-state index in [1.54, 1.807) is 0 Å². The van der Waals surface area contributed by atoms with Crippen molar-refractivity contribution in [3.63, 3.8) is 0 Å². The van der Waals surface area contributed by atoms with E-state index in [2.05, 4.69) is 32.6 Å². The van der Waals surface area contributed by atoms with Crippen molar-refractivity contribution in [2.45, 2.75) is 33.2 Å². The second-order valence-corrected chi connectivity index (χ2v) is 3.14. The van der Waals surface area contributed by atoms with E-state index in [0.29, 0.717) is 0 Å². The molecule has 0 spiro atoms. The van der Waals surface area contributed by atoms with Gasteiger partial charge in [0.15, 0.2) is 0 Å². The molecule has 0 saturated heterocycles. The Labute approximate surface area is 76.0 Å². The highest BCUT2D eigenvalue weighted by molar-refractivity contribution is 5.85. The largest absolute Gasteiger partial charge is 0.394 e. The zero-order valence-electron chi connectivity index (χ0n) is 7.92. The summed E-state index contributed by atoms with van der Waals surface area (Å²) in [4.78, 5) is 2.24. The molecule has 0 radical (unpaired) electrons. The van der Waals surface area contributed by atoms with E-state index >= 15 is 0 Å². The Morgan fingerprint density at radius 1 is 1.18 bits per heavy atom. The topological polar surface area (TPSA) is 23.5 Å². The molecule has 0 aliphatic carbocycles. The lowest BCUT2D eigenvalue weighted by atomic mass is 10.0. The Hall–Kier alpha value is 0.210. The van der Waals surface area contributed by atoms with Gasteiger partial charge in [-0.05, 0) is 26.9 Å². The van der Waals surface area contributed by atoms with Gasteiger partial charge in [0.25, 0.3) is 0 Å². The minimum absolute atomic E-state index is 0. The molecule has 0 atom stereocenters. The van der Waals surface area contributed by atoms with E-state index in [-0.39, 0.29) is 24.6 Å². The minimum Gasteiger partial charge on any atom is -0.394 e. The SMILES string of the molecule is CCN(CC)C(C)(C)CO.Cl. The van der Waals surface area contributed by atoms with Crippen LogP contribution in [0.1, 0.15) is 27.7 Å². The molecule has 0 aromatic heterocycles. The molecule has 1 N–H and O–H groups in total. The average Bonchev–Trinajstić information content (AvgIpc) is 1.90.